The molecule has 0 heterocycles. The van der Waals surface area contributed by atoms with E-state index in [1.807, 2.05) is 13.8 Å². The summed E-state index contributed by atoms with van der Waals surface area (Å²) in [4.78, 5) is 0. The summed E-state index contributed by atoms with van der Waals surface area (Å²) >= 11 is 0. The number of hydrogen-bond donors (Lipinski definition) is 0. The van der Waals surface area contributed by atoms with Gasteiger partial charge in [0, 0.05) is 50.2 Å². The highest BCUT2D eigenvalue weighted by Crippen LogP contribution is 2.46. The average Bonchev–Trinajstić information content (AvgIpc) is 3.22. The molecule has 62 heavy (non-hydrogen) atoms. The van der Waals surface area contributed by atoms with Crippen LogP contribution in [0.3, 0.4) is 0 Å². The smallest absolute Gasteiger partial charge is 0.126 e. The van der Waals surface area contributed by atoms with Gasteiger partial charge in [-0.2, -0.15) is 0 Å². The van der Waals surface area contributed by atoms with Crippen LogP contribution in [0.5, 0.6) is 23.0 Å². The van der Waals surface area contributed by atoms with Gasteiger partial charge in [-0.05, 0) is 110 Å². The zero-order valence-electron chi connectivity index (χ0n) is 40.9. The first-order chi connectivity index (χ1) is 29.3. The van der Waals surface area contributed by atoms with E-state index in [-0.39, 0.29) is 46.6 Å². The lowest BCUT2D eigenvalue weighted by molar-refractivity contribution is 0.0893. The summed E-state index contributed by atoms with van der Waals surface area (Å²) in [6.45, 7) is 28.6. The molecule has 0 saturated heterocycles. The molecule has 0 spiro atoms. The van der Waals surface area contributed by atoms with Crippen LogP contribution < -0.4 is 18.9 Å². The molecule has 4 aromatic carbocycles. The Labute approximate surface area is 374 Å². The van der Waals surface area contributed by atoms with Gasteiger partial charge in [-0.15, -0.1) is 0 Å². The molecule has 0 fully saturated rings. The van der Waals surface area contributed by atoms with Crippen LogP contribution in [0.4, 0.5) is 0 Å². The Hall–Kier alpha value is -4.08. The first kappa shape index (κ1) is 50.6. The van der Waals surface area contributed by atoms with Crippen molar-refractivity contribution in [3.8, 4) is 23.0 Å². The highest BCUT2D eigenvalue weighted by atomic mass is 16.5. The summed E-state index contributed by atoms with van der Waals surface area (Å²) in [5.41, 5.74) is 7.32. The molecule has 0 aliphatic heterocycles. The summed E-state index contributed by atoms with van der Waals surface area (Å²) in [6.07, 6.45) is 1.21. The van der Waals surface area contributed by atoms with Crippen LogP contribution in [0.25, 0.3) is 0 Å². The molecule has 0 bridgehead atoms. The fraction of sp³-hybridized carbons (Fsp3) is 0.556. The maximum Gasteiger partial charge on any atom is 0.126 e. The molecule has 342 valence electrons. The lowest BCUT2D eigenvalue weighted by Crippen LogP contribution is -2.30. The molecule has 0 saturated carbocycles. The molecule has 4 aromatic rings. The SMILES string of the molecule is CCC(C)(Cc1cc(C(C)(C)c2ccc(OC(C)COC)cc2)cc(C(C)C)c1OC(C)COC)c1cc(C(C)(C)c2ccc(OC(C)COC)cc2)ccc1OC(C)COC. The quantitative estimate of drug-likeness (QED) is 0.0653. The van der Waals surface area contributed by atoms with Crippen LogP contribution in [0.2, 0.25) is 0 Å². The molecule has 5 atom stereocenters. The van der Waals surface area contributed by atoms with E-state index < -0.39 is 0 Å². The second-order valence-electron chi connectivity index (χ2n) is 18.8. The fourth-order valence-corrected chi connectivity index (χ4v) is 8.29. The molecule has 0 aromatic heterocycles. The summed E-state index contributed by atoms with van der Waals surface area (Å²) < 4.78 is 47.7. The van der Waals surface area contributed by atoms with Gasteiger partial charge in [-0.1, -0.05) is 104 Å². The maximum absolute atomic E-state index is 6.94. The highest BCUT2D eigenvalue weighted by Gasteiger charge is 2.35. The predicted octanol–water partition coefficient (Wildman–Crippen LogP) is 12.0. The topological polar surface area (TPSA) is 73.8 Å². The van der Waals surface area contributed by atoms with E-state index in [9.17, 15) is 0 Å². The van der Waals surface area contributed by atoms with E-state index in [1.165, 1.54) is 33.4 Å². The van der Waals surface area contributed by atoms with E-state index >= 15 is 0 Å². The Balaban J connectivity index is 1.89. The van der Waals surface area contributed by atoms with Crippen LogP contribution in [0, 0.1) is 0 Å². The lowest BCUT2D eigenvalue weighted by atomic mass is 9.70. The highest BCUT2D eigenvalue weighted by molar-refractivity contribution is 5.54. The number of benzene rings is 4. The van der Waals surface area contributed by atoms with Crippen molar-refractivity contribution in [2.75, 3.05) is 54.9 Å². The van der Waals surface area contributed by atoms with Crippen molar-refractivity contribution in [3.63, 3.8) is 0 Å². The zero-order chi connectivity index (χ0) is 45.8. The average molecular weight is 855 g/mol. The van der Waals surface area contributed by atoms with Crippen molar-refractivity contribution in [2.24, 2.45) is 0 Å². The van der Waals surface area contributed by atoms with Gasteiger partial charge >= 0.3 is 0 Å². The standard InChI is InChI=1S/C54H78O8/c1-17-54(12,49-30-44(22-27-50(49)61-39(6)34-57-15)52(8,9)42-18-23-46(24-19-42)59-37(4)32-55-13)31-41-28-45(29-48(36(2)3)51(41)62-40(7)35-58-16)53(10,11)43-20-25-47(26-21-43)60-38(5)33-56-14/h18-30,36-40H,17,31-35H2,1-16H3. The molecular formula is C54H78O8. The van der Waals surface area contributed by atoms with Crippen molar-refractivity contribution in [2.45, 2.75) is 143 Å². The minimum absolute atomic E-state index is 0.0410. The Bertz CT molecular complexity index is 1970. The van der Waals surface area contributed by atoms with Gasteiger partial charge in [-0.25, -0.2) is 0 Å². The third kappa shape index (κ3) is 12.8. The lowest BCUT2D eigenvalue weighted by Gasteiger charge is -2.36. The van der Waals surface area contributed by atoms with E-state index in [4.69, 9.17) is 37.9 Å². The number of ether oxygens (including phenoxy) is 8. The van der Waals surface area contributed by atoms with Crippen LogP contribution in [0.1, 0.15) is 134 Å². The van der Waals surface area contributed by atoms with Gasteiger partial charge in [-0.3, -0.25) is 0 Å². The van der Waals surface area contributed by atoms with Gasteiger partial charge in [0.15, 0.2) is 0 Å². The van der Waals surface area contributed by atoms with Crippen molar-refractivity contribution < 1.29 is 37.9 Å². The number of methoxy groups -OCH3 is 4. The third-order valence-corrected chi connectivity index (χ3v) is 12.3. The van der Waals surface area contributed by atoms with Crippen molar-refractivity contribution in [3.05, 3.63) is 118 Å². The maximum atomic E-state index is 6.94. The van der Waals surface area contributed by atoms with Crippen molar-refractivity contribution in [1.29, 1.82) is 0 Å². The summed E-state index contributed by atoms with van der Waals surface area (Å²) in [5, 5.41) is 0. The first-order valence-corrected chi connectivity index (χ1v) is 22.5. The van der Waals surface area contributed by atoms with E-state index in [2.05, 4.69) is 148 Å². The summed E-state index contributed by atoms with van der Waals surface area (Å²) in [7, 11) is 6.83. The molecule has 4 rings (SSSR count). The van der Waals surface area contributed by atoms with Crippen LogP contribution in [-0.2, 0) is 41.6 Å². The van der Waals surface area contributed by atoms with E-state index in [0.717, 1.165) is 41.4 Å². The molecule has 0 radical (unpaired) electrons. The molecule has 8 heteroatoms. The number of rotatable bonds is 25. The molecule has 8 nitrogen and oxygen atoms in total. The fourth-order valence-electron chi connectivity index (χ4n) is 8.29. The Morgan fingerprint density at radius 2 is 0.887 bits per heavy atom. The van der Waals surface area contributed by atoms with Gasteiger partial charge in [0.2, 0.25) is 0 Å². The second-order valence-corrected chi connectivity index (χ2v) is 18.8. The summed E-state index contributed by atoms with van der Waals surface area (Å²) in [6, 6.07) is 28.5. The zero-order valence-corrected chi connectivity index (χ0v) is 40.9. The molecule has 0 amide bonds. The predicted molar refractivity (Wildman–Crippen MR) is 253 cm³/mol. The van der Waals surface area contributed by atoms with E-state index in [1.54, 1.807) is 28.4 Å². The molecule has 0 N–H and O–H groups in total. The molecule has 5 unspecified atom stereocenters. The van der Waals surface area contributed by atoms with Crippen LogP contribution >= 0.6 is 0 Å². The van der Waals surface area contributed by atoms with Crippen LogP contribution in [-0.4, -0.2) is 79.3 Å². The number of hydrogen-bond acceptors (Lipinski definition) is 8. The molecule has 0 aliphatic carbocycles. The largest absolute Gasteiger partial charge is 0.488 e. The Morgan fingerprint density at radius 3 is 1.32 bits per heavy atom. The molecule has 0 aliphatic rings. The van der Waals surface area contributed by atoms with Crippen molar-refractivity contribution in [1.82, 2.24) is 0 Å². The second kappa shape index (κ2) is 22.5. The van der Waals surface area contributed by atoms with Gasteiger partial charge < -0.3 is 37.9 Å². The Morgan fingerprint density at radius 1 is 0.468 bits per heavy atom. The van der Waals surface area contributed by atoms with Gasteiger partial charge in [0.1, 0.15) is 47.4 Å². The van der Waals surface area contributed by atoms with Gasteiger partial charge in [0.25, 0.3) is 0 Å². The summed E-state index contributed by atoms with van der Waals surface area (Å²) in [5.74, 6) is 3.67. The van der Waals surface area contributed by atoms with Crippen molar-refractivity contribution >= 4 is 0 Å². The Kier molecular flexibility index (Phi) is 18.4. The molecular weight excluding hydrogens is 777 g/mol. The minimum atomic E-state index is -0.360. The third-order valence-electron chi connectivity index (χ3n) is 12.3. The van der Waals surface area contributed by atoms with Gasteiger partial charge in [0.05, 0.1) is 26.4 Å². The van der Waals surface area contributed by atoms with Crippen LogP contribution in [0.15, 0.2) is 78.9 Å². The minimum Gasteiger partial charge on any atom is -0.488 e. The first-order valence-electron chi connectivity index (χ1n) is 22.5. The monoisotopic (exact) mass is 855 g/mol. The normalized spacial score (nSPS) is 15.1. The van der Waals surface area contributed by atoms with E-state index in [0.29, 0.717) is 26.4 Å².